The predicted molar refractivity (Wildman–Crippen MR) is 148 cm³/mol. The number of rotatable bonds is 8. The number of amides is 1. The third-order valence-corrected chi connectivity index (χ3v) is 6.05. The Balaban J connectivity index is 1.99. The summed E-state index contributed by atoms with van der Waals surface area (Å²) in [4.78, 5) is 17.2. The fourth-order valence-electron chi connectivity index (χ4n) is 3.52. The number of pyridine rings is 1. The number of hydrogen-bond donors (Lipinski definition) is 4. The second-order valence-corrected chi connectivity index (χ2v) is 11.3. The first-order valence-corrected chi connectivity index (χ1v) is 13.3. The van der Waals surface area contributed by atoms with E-state index in [1.165, 1.54) is 31.6 Å². The van der Waals surface area contributed by atoms with Crippen LogP contribution in [0, 0.1) is 5.82 Å². The summed E-state index contributed by atoms with van der Waals surface area (Å²) in [6.45, 7) is 5.83. The molecule has 3 rings (SSSR count). The molecule has 1 aromatic heterocycles. The van der Waals surface area contributed by atoms with E-state index in [0.29, 0.717) is 5.56 Å². The van der Waals surface area contributed by atoms with E-state index in [1.54, 1.807) is 30.5 Å². The number of carbonyl (C=O) groups is 1. The van der Waals surface area contributed by atoms with E-state index in [4.69, 9.17) is 16.3 Å². The van der Waals surface area contributed by atoms with Gasteiger partial charge < -0.3 is 15.8 Å². The molecule has 202 valence electrons. The van der Waals surface area contributed by atoms with Crippen molar-refractivity contribution in [3.63, 3.8) is 0 Å². The van der Waals surface area contributed by atoms with Gasteiger partial charge in [0.15, 0.2) is 5.75 Å². The number of anilines is 3. The van der Waals surface area contributed by atoms with E-state index in [0.717, 1.165) is 22.9 Å². The lowest BCUT2D eigenvalue weighted by atomic mass is 9.86. The van der Waals surface area contributed by atoms with Crippen LogP contribution >= 0.6 is 0 Å². The highest BCUT2D eigenvalue weighted by Gasteiger charge is 2.23. The predicted octanol–water partition coefficient (Wildman–Crippen LogP) is 3.79. The van der Waals surface area contributed by atoms with Crippen LogP contribution in [0.1, 0.15) is 42.3 Å². The largest absolute Gasteiger partial charge is 0.492 e. The first-order chi connectivity index (χ1) is 17.7. The number of methoxy groups -OCH3 is 1. The van der Waals surface area contributed by atoms with Crippen LogP contribution in [0.3, 0.4) is 0 Å². The summed E-state index contributed by atoms with van der Waals surface area (Å²) in [7, 11) is -2.29. The monoisotopic (exact) mass is 542 g/mol. The summed E-state index contributed by atoms with van der Waals surface area (Å²) in [6.07, 6.45) is 5.45. The number of carbonyl (C=O) groups excluding carboxylic acids is 1. The van der Waals surface area contributed by atoms with Gasteiger partial charge in [-0.25, -0.2) is 18.7 Å². The van der Waals surface area contributed by atoms with Gasteiger partial charge in [-0.15, -0.1) is 0 Å². The van der Waals surface area contributed by atoms with Gasteiger partial charge in [0, 0.05) is 29.7 Å². The van der Waals surface area contributed by atoms with Crippen molar-refractivity contribution in [3.05, 3.63) is 83.6 Å². The number of sulfonamides is 1. The summed E-state index contributed by atoms with van der Waals surface area (Å²) < 4.78 is 46.4. The van der Waals surface area contributed by atoms with Crippen LogP contribution in [0.4, 0.5) is 21.5 Å². The molecule has 10 nitrogen and oxygen atoms in total. The van der Waals surface area contributed by atoms with E-state index in [2.05, 4.69) is 15.0 Å². The van der Waals surface area contributed by atoms with E-state index < -0.39 is 21.7 Å². The van der Waals surface area contributed by atoms with Crippen molar-refractivity contribution in [2.45, 2.75) is 26.2 Å². The van der Waals surface area contributed by atoms with Gasteiger partial charge in [-0.2, -0.15) is 0 Å². The summed E-state index contributed by atoms with van der Waals surface area (Å²) in [5.74, 6) is 4.89. The highest BCUT2D eigenvalue weighted by Crippen LogP contribution is 2.39. The lowest BCUT2D eigenvalue weighted by molar-refractivity contribution is 0.102. The molecule has 0 unspecified atom stereocenters. The van der Waals surface area contributed by atoms with Gasteiger partial charge in [0.05, 0.1) is 36.1 Å². The Kier molecular flexibility index (Phi) is 8.28. The molecule has 0 aliphatic carbocycles. The maximum Gasteiger partial charge on any atom is 0.255 e. The molecular formula is C26H31FN6O4S. The Morgan fingerprint density at radius 2 is 1.82 bits per heavy atom. The minimum Gasteiger partial charge on any atom is -0.492 e. The minimum atomic E-state index is -3.64. The SMILES string of the molecule is COc1c(NC(=O)c2ccc(F)c(N(N)C=C(N)c3cccnc3)c2)cc(C(C)(C)C)cc1NS(C)(=O)=O. The molecule has 0 fully saturated rings. The molecule has 12 heteroatoms. The highest BCUT2D eigenvalue weighted by atomic mass is 32.2. The topological polar surface area (TPSA) is 153 Å². The number of hydrogen-bond acceptors (Lipinski definition) is 8. The number of aromatic nitrogens is 1. The molecule has 0 spiro atoms. The zero-order valence-electron chi connectivity index (χ0n) is 21.7. The number of nitrogens with two attached hydrogens (primary N) is 2. The lowest BCUT2D eigenvalue weighted by Gasteiger charge is -2.24. The van der Waals surface area contributed by atoms with Crippen molar-refractivity contribution in [3.8, 4) is 5.75 Å². The lowest BCUT2D eigenvalue weighted by Crippen LogP contribution is -2.27. The Labute approximate surface area is 221 Å². The molecule has 0 bridgehead atoms. The molecule has 0 saturated heterocycles. The first kappa shape index (κ1) is 28.4. The Hall–Kier alpha value is -4.16. The highest BCUT2D eigenvalue weighted by molar-refractivity contribution is 7.92. The summed E-state index contributed by atoms with van der Waals surface area (Å²) in [5.41, 5.74) is 7.62. The molecule has 3 aromatic rings. The third kappa shape index (κ3) is 6.99. The molecular weight excluding hydrogens is 511 g/mol. The molecule has 1 amide bonds. The number of nitrogens with one attached hydrogen (secondary N) is 2. The molecule has 0 radical (unpaired) electrons. The van der Waals surface area contributed by atoms with E-state index in [-0.39, 0.29) is 39.5 Å². The Morgan fingerprint density at radius 1 is 1.13 bits per heavy atom. The maximum absolute atomic E-state index is 14.7. The smallest absolute Gasteiger partial charge is 0.255 e. The van der Waals surface area contributed by atoms with Gasteiger partial charge in [0.2, 0.25) is 10.0 Å². The average molecular weight is 543 g/mol. The van der Waals surface area contributed by atoms with E-state index in [9.17, 15) is 17.6 Å². The second-order valence-electron chi connectivity index (χ2n) is 9.58. The van der Waals surface area contributed by atoms with Crippen LogP contribution < -0.4 is 31.4 Å². The zero-order valence-corrected chi connectivity index (χ0v) is 22.6. The molecule has 2 aromatic carbocycles. The average Bonchev–Trinajstić information content (AvgIpc) is 2.83. The van der Waals surface area contributed by atoms with Crippen LogP contribution in [-0.2, 0) is 15.4 Å². The number of nitrogens with zero attached hydrogens (tertiary/aromatic N) is 2. The third-order valence-electron chi connectivity index (χ3n) is 5.46. The molecule has 0 saturated carbocycles. The number of ether oxygens (including phenoxy) is 1. The molecule has 0 atom stereocenters. The molecule has 0 aliphatic heterocycles. The summed E-state index contributed by atoms with van der Waals surface area (Å²) in [6, 6.07) is 10.4. The molecule has 38 heavy (non-hydrogen) atoms. The minimum absolute atomic E-state index is 0.0889. The van der Waals surface area contributed by atoms with Crippen molar-refractivity contribution < 1.29 is 22.3 Å². The van der Waals surface area contributed by atoms with Crippen molar-refractivity contribution in [1.82, 2.24) is 4.98 Å². The zero-order chi connectivity index (χ0) is 28.3. The van der Waals surface area contributed by atoms with Crippen LogP contribution in [0.5, 0.6) is 5.75 Å². The second kappa shape index (κ2) is 11.1. The first-order valence-electron chi connectivity index (χ1n) is 11.4. The quantitative estimate of drug-likeness (QED) is 0.248. The van der Waals surface area contributed by atoms with Gasteiger partial charge in [0.25, 0.3) is 5.91 Å². The number of benzene rings is 2. The maximum atomic E-state index is 14.7. The van der Waals surface area contributed by atoms with E-state index in [1.807, 2.05) is 20.8 Å². The fraction of sp³-hybridized carbons (Fsp3) is 0.231. The molecule has 0 aliphatic rings. The van der Waals surface area contributed by atoms with Gasteiger partial charge in [0.1, 0.15) is 5.82 Å². The van der Waals surface area contributed by atoms with Gasteiger partial charge >= 0.3 is 0 Å². The summed E-state index contributed by atoms with van der Waals surface area (Å²) >= 11 is 0. The Morgan fingerprint density at radius 3 is 2.39 bits per heavy atom. The van der Waals surface area contributed by atoms with Crippen LogP contribution in [0.25, 0.3) is 5.70 Å². The fourth-order valence-corrected chi connectivity index (χ4v) is 4.07. The standard InChI is InChI=1S/C26H31FN6O4S/c1-26(2,3)18-12-21(24(37-4)22(13-18)32-38(5,35)36)31-25(34)16-8-9-19(27)23(11-16)33(29)15-20(28)17-7-6-10-30-14-17/h6-15,32H,28-29H2,1-5H3,(H,31,34). The van der Waals surface area contributed by atoms with Crippen LogP contribution in [-0.4, -0.2) is 32.7 Å². The van der Waals surface area contributed by atoms with E-state index >= 15 is 0 Å². The van der Waals surface area contributed by atoms with Crippen molar-refractivity contribution in [2.24, 2.45) is 11.6 Å². The van der Waals surface area contributed by atoms with Gasteiger partial charge in [-0.3, -0.25) is 19.5 Å². The van der Waals surface area contributed by atoms with Crippen molar-refractivity contribution in [1.29, 1.82) is 0 Å². The number of halogens is 1. The summed E-state index contributed by atoms with van der Waals surface area (Å²) in [5, 5.41) is 3.72. The van der Waals surface area contributed by atoms with Gasteiger partial charge in [-0.1, -0.05) is 20.8 Å². The van der Waals surface area contributed by atoms with Crippen molar-refractivity contribution >= 4 is 38.7 Å². The van der Waals surface area contributed by atoms with Crippen molar-refractivity contribution in [2.75, 3.05) is 28.4 Å². The van der Waals surface area contributed by atoms with Crippen LogP contribution in [0.15, 0.2) is 61.1 Å². The molecule has 6 N–H and O–H groups in total. The van der Waals surface area contributed by atoms with Crippen LogP contribution in [0.2, 0.25) is 0 Å². The normalized spacial score (nSPS) is 12.1. The Bertz CT molecular complexity index is 1470. The molecule has 1 heterocycles. The number of hydrazine groups is 1. The van der Waals surface area contributed by atoms with Gasteiger partial charge in [-0.05, 0) is 53.4 Å².